The highest BCUT2D eigenvalue weighted by atomic mass is 16.5. The highest BCUT2D eigenvalue weighted by Gasteiger charge is 2.38. The van der Waals surface area contributed by atoms with E-state index in [1.165, 1.54) is 0 Å². The van der Waals surface area contributed by atoms with Crippen molar-refractivity contribution in [2.24, 2.45) is 0 Å². The second-order valence-electron chi connectivity index (χ2n) is 7.76. The molecule has 7 nitrogen and oxygen atoms in total. The number of fused-ring (bicyclic) bond motifs is 1. The van der Waals surface area contributed by atoms with Gasteiger partial charge in [-0.05, 0) is 38.3 Å². The highest BCUT2D eigenvalue weighted by Crippen LogP contribution is 2.26. The van der Waals surface area contributed by atoms with Crippen LogP contribution in [0.4, 0.5) is 4.79 Å². The van der Waals surface area contributed by atoms with Crippen molar-refractivity contribution in [2.75, 3.05) is 19.8 Å². The van der Waals surface area contributed by atoms with Crippen molar-refractivity contribution in [3.05, 3.63) is 35.4 Å². The molecule has 30 heavy (non-hydrogen) atoms. The first-order valence-electron chi connectivity index (χ1n) is 10.8. The van der Waals surface area contributed by atoms with Crippen LogP contribution in [-0.2, 0) is 32.0 Å². The summed E-state index contributed by atoms with van der Waals surface area (Å²) < 4.78 is 10.5. The van der Waals surface area contributed by atoms with Crippen LogP contribution in [0.2, 0.25) is 0 Å². The van der Waals surface area contributed by atoms with Gasteiger partial charge in [-0.25, -0.2) is 9.59 Å². The maximum Gasteiger partial charge on any atom is 0.329 e. The van der Waals surface area contributed by atoms with Gasteiger partial charge < -0.3 is 19.3 Å². The smallest absolute Gasteiger partial charge is 0.329 e. The minimum atomic E-state index is -0.676. The summed E-state index contributed by atoms with van der Waals surface area (Å²) in [5.74, 6) is -0.712. The van der Waals surface area contributed by atoms with E-state index in [0.717, 1.165) is 24.0 Å². The molecule has 0 fully saturated rings. The Morgan fingerprint density at radius 1 is 1.13 bits per heavy atom. The highest BCUT2D eigenvalue weighted by molar-refractivity contribution is 5.85. The van der Waals surface area contributed by atoms with Gasteiger partial charge in [-0.3, -0.25) is 4.79 Å². The number of carbonyl (C=O) groups excluding carboxylic acids is 3. The standard InChI is InChI=1S/C23H34N2O5/c1-5-7-14-30-21(26)12-13-24(17(3)4)23(28)25-16-19-11-9-8-10-18(19)15-20(25)22(27)29-6-2/h8-11,17,20H,5-7,12-16H2,1-4H3/t20-/m0/s1. The lowest BCUT2D eigenvalue weighted by Gasteiger charge is -2.39. The molecular formula is C23H34N2O5. The molecule has 7 heteroatoms. The van der Waals surface area contributed by atoms with Crippen LogP contribution in [0.1, 0.15) is 58.1 Å². The van der Waals surface area contributed by atoms with Crippen molar-refractivity contribution >= 4 is 18.0 Å². The van der Waals surface area contributed by atoms with Crippen LogP contribution in [0.5, 0.6) is 0 Å². The zero-order chi connectivity index (χ0) is 22.1. The second kappa shape index (κ2) is 11.6. The molecule has 166 valence electrons. The Kier molecular flexibility index (Phi) is 9.15. The summed E-state index contributed by atoms with van der Waals surface area (Å²) in [6.07, 6.45) is 2.33. The van der Waals surface area contributed by atoms with Gasteiger partial charge in [0.25, 0.3) is 0 Å². The molecule has 0 bridgehead atoms. The normalized spacial score (nSPS) is 15.5. The molecule has 1 aromatic carbocycles. The van der Waals surface area contributed by atoms with Gasteiger partial charge in [0.15, 0.2) is 0 Å². The molecule has 1 atom stereocenters. The molecule has 1 aromatic rings. The molecule has 0 saturated heterocycles. The van der Waals surface area contributed by atoms with Crippen LogP contribution in [0.15, 0.2) is 24.3 Å². The molecule has 0 radical (unpaired) electrons. The Morgan fingerprint density at radius 2 is 1.83 bits per heavy atom. The van der Waals surface area contributed by atoms with Gasteiger partial charge in [0.05, 0.1) is 19.6 Å². The fourth-order valence-corrected chi connectivity index (χ4v) is 3.53. The maximum absolute atomic E-state index is 13.4. The van der Waals surface area contributed by atoms with Gasteiger partial charge in [-0.2, -0.15) is 0 Å². The van der Waals surface area contributed by atoms with E-state index < -0.39 is 12.0 Å². The number of benzene rings is 1. The average molecular weight is 419 g/mol. The zero-order valence-electron chi connectivity index (χ0n) is 18.6. The molecule has 2 rings (SSSR count). The number of carbonyl (C=O) groups is 3. The first-order chi connectivity index (χ1) is 14.4. The molecule has 2 amide bonds. The minimum absolute atomic E-state index is 0.124. The predicted octanol–water partition coefficient (Wildman–Crippen LogP) is 3.54. The summed E-state index contributed by atoms with van der Waals surface area (Å²) in [5.41, 5.74) is 2.07. The van der Waals surface area contributed by atoms with Crippen molar-refractivity contribution in [1.29, 1.82) is 0 Å². The van der Waals surface area contributed by atoms with Gasteiger partial charge in [-0.15, -0.1) is 0 Å². The minimum Gasteiger partial charge on any atom is -0.466 e. The largest absolute Gasteiger partial charge is 0.466 e. The lowest BCUT2D eigenvalue weighted by Crippen LogP contribution is -2.55. The molecule has 0 aliphatic carbocycles. The van der Waals surface area contributed by atoms with Crippen LogP contribution >= 0.6 is 0 Å². The molecule has 1 aliphatic heterocycles. The summed E-state index contributed by atoms with van der Waals surface area (Å²) in [6, 6.07) is 6.75. The lowest BCUT2D eigenvalue weighted by molar-refractivity contribution is -0.149. The first-order valence-corrected chi connectivity index (χ1v) is 10.8. The summed E-state index contributed by atoms with van der Waals surface area (Å²) >= 11 is 0. The molecule has 0 saturated carbocycles. The number of unbranched alkanes of at least 4 members (excludes halogenated alkanes) is 1. The number of ether oxygens (including phenoxy) is 2. The molecule has 0 unspecified atom stereocenters. The number of esters is 2. The molecule has 0 spiro atoms. The summed E-state index contributed by atoms with van der Waals surface area (Å²) in [5, 5.41) is 0. The zero-order valence-corrected chi connectivity index (χ0v) is 18.6. The van der Waals surface area contributed by atoms with Crippen LogP contribution in [0, 0.1) is 0 Å². The number of amides is 2. The van der Waals surface area contributed by atoms with E-state index in [1.807, 2.05) is 45.0 Å². The third-order valence-electron chi connectivity index (χ3n) is 5.24. The van der Waals surface area contributed by atoms with E-state index >= 15 is 0 Å². The van der Waals surface area contributed by atoms with E-state index in [0.29, 0.717) is 19.6 Å². The fraction of sp³-hybridized carbons (Fsp3) is 0.609. The molecule has 1 aliphatic rings. The van der Waals surface area contributed by atoms with Gasteiger partial charge >= 0.3 is 18.0 Å². The number of hydrogen-bond donors (Lipinski definition) is 0. The number of rotatable bonds is 9. The Labute approximate surface area is 179 Å². The van der Waals surface area contributed by atoms with E-state index in [9.17, 15) is 14.4 Å². The van der Waals surface area contributed by atoms with E-state index in [2.05, 4.69) is 0 Å². The molecule has 0 aromatic heterocycles. The Balaban J connectivity index is 2.15. The van der Waals surface area contributed by atoms with Crippen molar-refractivity contribution in [3.63, 3.8) is 0 Å². The summed E-state index contributed by atoms with van der Waals surface area (Å²) in [4.78, 5) is 41.3. The predicted molar refractivity (Wildman–Crippen MR) is 114 cm³/mol. The lowest BCUT2D eigenvalue weighted by atomic mass is 9.94. The molecule has 0 N–H and O–H groups in total. The molecule has 1 heterocycles. The van der Waals surface area contributed by atoms with E-state index in [-0.39, 0.29) is 37.6 Å². The topological polar surface area (TPSA) is 76.2 Å². The maximum atomic E-state index is 13.4. The summed E-state index contributed by atoms with van der Waals surface area (Å²) in [6.45, 7) is 8.83. The van der Waals surface area contributed by atoms with Gasteiger partial charge in [0.2, 0.25) is 0 Å². The Bertz CT molecular complexity index is 734. The van der Waals surface area contributed by atoms with Crippen LogP contribution in [0.25, 0.3) is 0 Å². The molecular weight excluding hydrogens is 384 g/mol. The fourth-order valence-electron chi connectivity index (χ4n) is 3.53. The quantitative estimate of drug-likeness (QED) is 0.453. The Morgan fingerprint density at radius 3 is 2.47 bits per heavy atom. The van der Waals surface area contributed by atoms with Crippen LogP contribution < -0.4 is 0 Å². The van der Waals surface area contributed by atoms with Crippen molar-refractivity contribution in [3.8, 4) is 0 Å². The van der Waals surface area contributed by atoms with Gasteiger partial charge in [0.1, 0.15) is 6.04 Å². The van der Waals surface area contributed by atoms with Gasteiger partial charge in [0, 0.05) is 25.6 Å². The summed E-state index contributed by atoms with van der Waals surface area (Å²) in [7, 11) is 0. The SMILES string of the molecule is CCCCOC(=O)CCN(C(=O)N1Cc2ccccc2C[C@H]1C(=O)OCC)C(C)C. The van der Waals surface area contributed by atoms with E-state index in [1.54, 1.807) is 16.7 Å². The number of urea groups is 1. The Hall–Kier alpha value is -2.57. The average Bonchev–Trinajstić information content (AvgIpc) is 2.72. The van der Waals surface area contributed by atoms with E-state index in [4.69, 9.17) is 9.47 Å². The van der Waals surface area contributed by atoms with Crippen LogP contribution in [0.3, 0.4) is 0 Å². The first kappa shape index (κ1) is 23.7. The van der Waals surface area contributed by atoms with Crippen molar-refractivity contribution in [1.82, 2.24) is 9.80 Å². The van der Waals surface area contributed by atoms with Crippen molar-refractivity contribution < 1.29 is 23.9 Å². The number of nitrogens with zero attached hydrogens (tertiary/aromatic N) is 2. The third-order valence-corrected chi connectivity index (χ3v) is 5.24. The van der Waals surface area contributed by atoms with Gasteiger partial charge in [-0.1, -0.05) is 37.6 Å². The van der Waals surface area contributed by atoms with Crippen molar-refractivity contribution in [2.45, 2.75) is 72.0 Å². The monoisotopic (exact) mass is 418 g/mol. The second-order valence-corrected chi connectivity index (χ2v) is 7.76. The third kappa shape index (κ3) is 6.21. The van der Waals surface area contributed by atoms with Crippen LogP contribution in [-0.4, -0.2) is 59.6 Å². The number of hydrogen-bond acceptors (Lipinski definition) is 5.